The molecule has 282 valence electrons. The van der Waals surface area contributed by atoms with Crippen LogP contribution >= 0.6 is 0 Å². The summed E-state index contributed by atoms with van der Waals surface area (Å²) in [6.45, 7) is 8.24. The van der Waals surface area contributed by atoms with Crippen molar-refractivity contribution in [1.82, 2.24) is 19.5 Å². The molecule has 1 saturated heterocycles. The third-order valence-electron chi connectivity index (χ3n) is 7.70. The van der Waals surface area contributed by atoms with Gasteiger partial charge in [0.1, 0.15) is 12.6 Å². The molecule has 0 spiro atoms. The number of ether oxygens (including phenoxy) is 2. The van der Waals surface area contributed by atoms with E-state index in [9.17, 15) is 41.2 Å². The number of aryl methyl sites for hydroxylation is 1. The van der Waals surface area contributed by atoms with Crippen LogP contribution in [0.25, 0.3) is 16.9 Å². The van der Waals surface area contributed by atoms with Crippen molar-refractivity contribution in [3.63, 3.8) is 0 Å². The van der Waals surface area contributed by atoms with Crippen LogP contribution in [0, 0.1) is 17.5 Å². The lowest BCUT2D eigenvalue weighted by molar-refractivity contribution is -0.716. The number of alkyl halides is 3. The summed E-state index contributed by atoms with van der Waals surface area (Å²) in [7, 11) is -4.42. The molecular weight excluding hydrogens is 713 g/mol. The Bertz CT molecular complexity index is 1890. The predicted molar refractivity (Wildman–Crippen MR) is 176 cm³/mol. The molecule has 1 amide bonds. The summed E-state index contributed by atoms with van der Waals surface area (Å²) in [5.41, 5.74) is -0.299. The Kier molecular flexibility index (Phi) is 12.2. The number of sulfonamides is 1. The minimum absolute atomic E-state index is 0.128. The number of esters is 2. The minimum Gasteiger partial charge on any atom is -0.569 e. The fourth-order valence-electron chi connectivity index (χ4n) is 4.87. The van der Waals surface area contributed by atoms with Crippen molar-refractivity contribution >= 4 is 27.9 Å². The maximum absolute atomic E-state index is 13.5. The van der Waals surface area contributed by atoms with Crippen LogP contribution in [0.4, 0.5) is 13.2 Å². The Morgan fingerprint density at radius 2 is 1.73 bits per heavy atom. The Labute approximate surface area is 297 Å². The molecule has 15 nitrogen and oxygen atoms in total. The van der Waals surface area contributed by atoms with Crippen molar-refractivity contribution in [2.75, 3.05) is 13.2 Å². The summed E-state index contributed by atoms with van der Waals surface area (Å²) in [5.74, 6) is -2.37. The van der Waals surface area contributed by atoms with E-state index in [1.807, 2.05) is 11.6 Å². The first-order chi connectivity index (χ1) is 24.2. The SMILES string of the molecule is Cc1ccc(-c2cc(C(F)(F)F)nn2-c2ccc(S(=O)(=O)NC(=O)CCC(=O)OC[C@@H]3CCCN3[N+]([O-])=NOC(C)OC(=O)C(C)(C)C)cc2)cc1. The number of amides is 1. The first-order valence-electron chi connectivity index (χ1n) is 16.1. The molecule has 52 heavy (non-hydrogen) atoms. The number of hydrazine groups is 1. The topological polar surface area (TPSA) is 185 Å². The third kappa shape index (κ3) is 10.4. The van der Waals surface area contributed by atoms with Gasteiger partial charge in [-0.15, -0.1) is 5.01 Å². The van der Waals surface area contributed by atoms with Gasteiger partial charge >= 0.3 is 18.1 Å². The summed E-state index contributed by atoms with van der Waals surface area (Å²) < 4.78 is 79.5. The normalized spacial score (nSPS) is 16.0. The monoisotopic (exact) mass is 752 g/mol. The van der Waals surface area contributed by atoms with E-state index in [4.69, 9.17) is 14.3 Å². The largest absolute Gasteiger partial charge is 0.569 e. The lowest BCUT2D eigenvalue weighted by atomic mass is 9.97. The number of hydrogen-bond acceptors (Lipinski definition) is 11. The lowest BCUT2D eigenvalue weighted by Gasteiger charge is -2.21. The van der Waals surface area contributed by atoms with E-state index >= 15 is 0 Å². The molecule has 1 N–H and O–H groups in total. The van der Waals surface area contributed by atoms with Gasteiger partial charge in [0.15, 0.2) is 5.69 Å². The van der Waals surface area contributed by atoms with Crippen molar-refractivity contribution in [1.29, 1.82) is 0 Å². The second-order valence-electron chi connectivity index (χ2n) is 13.0. The third-order valence-corrected chi connectivity index (χ3v) is 9.09. The van der Waals surface area contributed by atoms with Gasteiger partial charge in [0.25, 0.3) is 16.3 Å². The molecular formula is C33H39F3N6O9S. The van der Waals surface area contributed by atoms with Crippen molar-refractivity contribution in [3.8, 4) is 16.9 Å². The average Bonchev–Trinajstić information content (AvgIpc) is 3.73. The molecule has 0 radical (unpaired) electrons. The molecule has 1 aromatic heterocycles. The van der Waals surface area contributed by atoms with E-state index in [0.29, 0.717) is 18.4 Å². The number of halogens is 3. The second-order valence-corrected chi connectivity index (χ2v) is 14.7. The minimum atomic E-state index is -4.73. The highest BCUT2D eigenvalue weighted by molar-refractivity contribution is 7.90. The molecule has 3 aromatic rings. The smallest absolute Gasteiger partial charge is 0.435 e. The Morgan fingerprint density at radius 3 is 2.35 bits per heavy atom. The van der Waals surface area contributed by atoms with Crippen molar-refractivity contribution in [2.24, 2.45) is 10.7 Å². The first-order valence-corrected chi connectivity index (χ1v) is 17.6. The van der Waals surface area contributed by atoms with E-state index < -0.39 is 70.3 Å². The van der Waals surface area contributed by atoms with Crippen molar-refractivity contribution < 1.29 is 55.3 Å². The van der Waals surface area contributed by atoms with Gasteiger partial charge in [-0.2, -0.15) is 18.3 Å². The number of benzene rings is 2. The van der Waals surface area contributed by atoms with Crippen LogP contribution in [0.2, 0.25) is 0 Å². The van der Waals surface area contributed by atoms with Gasteiger partial charge in [0, 0.05) is 18.9 Å². The van der Waals surface area contributed by atoms with E-state index in [1.165, 1.54) is 24.1 Å². The number of hydrogen-bond donors (Lipinski definition) is 1. The maximum Gasteiger partial charge on any atom is 0.435 e. The molecule has 0 aliphatic carbocycles. The van der Waals surface area contributed by atoms with Gasteiger partial charge in [-0.25, -0.2) is 17.8 Å². The quantitative estimate of drug-likeness (QED) is 0.0796. The predicted octanol–water partition coefficient (Wildman–Crippen LogP) is 5.20. The van der Waals surface area contributed by atoms with Crippen LogP contribution in [0.1, 0.15) is 64.6 Å². The highest BCUT2D eigenvalue weighted by Crippen LogP contribution is 2.33. The standard InChI is InChI=1S/C33H39F3N6O9S/c1-21-8-10-23(11-9-21)27-19-28(33(34,35)36)37-41(27)24-12-14-26(15-13-24)52(47,48)38-29(43)16-17-30(44)49-20-25-7-6-18-40(25)42(46)39-51-22(2)50-31(45)32(3,4)5/h8-15,19,22,25H,6-7,16-18,20H2,1-5H3,(H,38,43)/t22?,25-/m0/s1. The number of carbonyl (C=O) groups excluding carboxylic acids is 3. The molecule has 2 heterocycles. The van der Waals surface area contributed by atoms with Gasteiger partial charge in [0.05, 0.1) is 39.6 Å². The number of carbonyl (C=O) groups is 3. The van der Waals surface area contributed by atoms with Gasteiger partial charge in [-0.1, -0.05) is 29.8 Å². The summed E-state index contributed by atoms with van der Waals surface area (Å²) >= 11 is 0. The Hall–Kier alpha value is -5.20. The molecule has 2 atom stereocenters. The van der Waals surface area contributed by atoms with E-state index in [-0.39, 0.29) is 34.4 Å². The fraction of sp³-hybridized carbons (Fsp3) is 0.455. The molecule has 1 unspecified atom stereocenters. The Balaban J connectivity index is 1.30. The maximum atomic E-state index is 13.5. The average molecular weight is 753 g/mol. The summed E-state index contributed by atoms with van der Waals surface area (Å²) in [5, 5.41) is 20.8. The van der Waals surface area contributed by atoms with E-state index in [2.05, 4.69) is 10.4 Å². The number of nitrogens with one attached hydrogen (secondary N) is 1. The molecule has 1 aliphatic rings. The Morgan fingerprint density at radius 1 is 1.08 bits per heavy atom. The van der Waals surface area contributed by atoms with Gasteiger partial charge in [-0.3, -0.25) is 19.2 Å². The van der Waals surface area contributed by atoms with E-state index in [0.717, 1.165) is 28.4 Å². The van der Waals surface area contributed by atoms with Crippen LogP contribution in [0.15, 0.2) is 64.8 Å². The van der Waals surface area contributed by atoms with Gasteiger partial charge in [-0.05, 0) is 70.9 Å². The zero-order chi connectivity index (χ0) is 38.4. The van der Waals surface area contributed by atoms with Crippen LogP contribution in [0.3, 0.4) is 0 Å². The molecule has 1 fully saturated rings. The number of nitrogens with zero attached hydrogens (tertiary/aromatic N) is 5. The highest BCUT2D eigenvalue weighted by Gasteiger charge is 2.36. The highest BCUT2D eigenvalue weighted by atomic mass is 32.2. The summed E-state index contributed by atoms with van der Waals surface area (Å²) in [4.78, 5) is 41.6. The fourth-order valence-corrected chi connectivity index (χ4v) is 5.88. The zero-order valence-electron chi connectivity index (χ0n) is 29.0. The molecule has 1 aliphatic heterocycles. The molecule has 0 bridgehead atoms. The van der Waals surface area contributed by atoms with Crippen molar-refractivity contribution in [3.05, 3.63) is 71.1 Å². The van der Waals surface area contributed by atoms with Gasteiger partial charge < -0.3 is 14.7 Å². The molecule has 19 heteroatoms. The number of aromatic nitrogens is 2. The second kappa shape index (κ2) is 16.0. The van der Waals surface area contributed by atoms with E-state index in [1.54, 1.807) is 45.0 Å². The van der Waals surface area contributed by atoms with Crippen LogP contribution < -0.4 is 4.72 Å². The van der Waals surface area contributed by atoms with Crippen LogP contribution in [-0.2, 0) is 44.9 Å². The first kappa shape index (κ1) is 39.6. The van der Waals surface area contributed by atoms with Crippen LogP contribution in [-0.4, -0.2) is 71.5 Å². The van der Waals surface area contributed by atoms with Gasteiger partial charge in [0.2, 0.25) is 11.2 Å². The zero-order valence-corrected chi connectivity index (χ0v) is 29.9. The summed E-state index contributed by atoms with van der Waals surface area (Å²) in [6.07, 6.45) is -5.82. The molecule has 4 rings (SSSR count). The lowest BCUT2D eigenvalue weighted by Crippen LogP contribution is -2.39. The number of rotatable bonds is 13. The summed E-state index contributed by atoms with van der Waals surface area (Å²) in [6, 6.07) is 11.8. The molecule has 0 saturated carbocycles. The van der Waals surface area contributed by atoms with Crippen molar-refractivity contribution in [2.45, 2.75) is 83.7 Å². The molecule has 2 aromatic carbocycles. The van der Waals surface area contributed by atoms with Crippen LogP contribution in [0.5, 0.6) is 0 Å².